The number of ether oxygens (including phenoxy) is 1. The molecule has 1 saturated heterocycles. The zero-order chi connectivity index (χ0) is 12.3. The molecule has 96 valence electrons. The van der Waals surface area contributed by atoms with E-state index in [1.807, 2.05) is 13.1 Å². The molecule has 2 N–H and O–H groups in total. The summed E-state index contributed by atoms with van der Waals surface area (Å²) in [4.78, 5) is 0. The molecule has 2 rings (SSSR count). The van der Waals surface area contributed by atoms with Crippen molar-refractivity contribution in [3.8, 4) is 5.88 Å². The van der Waals surface area contributed by atoms with Crippen LogP contribution < -0.4 is 15.4 Å². The first-order valence-electron chi connectivity index (χ1n) is 6.26. The van der Waals surface area contributed by atoms with Crippen LogP contribution >= 0.6 is 0 Å². The van der Waals surface area contributed by atoms with Gasteiger partial charge in [0.25, 0.3) is 0 Å². The van der Waals surface area contributed by atoms with Crippen LogP contribution in [-0.2, 0) is 7.05 Å². The van der Waals surface area contributed by atoms with E-state index in [0.717, 1.165) is 31.2 Å². The SMILES string of the molecule is CCC1(CNc2cc(OC)n(C)n2)CCCN1. The Morgan fingerprint density at radius 1 is 1.65 bits per heavy atom. The van der Waals surface area contributed by atoms with Gasteiger partial charge in [-0.15, -0.1) is 0 Å². The molecule has 0 amide bonds. The average molecular weight is 238 g/mol. The largest absolute Gasteiger partial charge is 0.481 e. The van der Waals surface area contributed by atoms with Crippen LogP contribution in [-0.4, -0.2) is 35.5 Å². The van der Waals surface area contributed by atoms with Gasteiger partial charge in [0, 0.05) is 25.2 Å². The van der Waals surface area contributed by atoms with Crippen molar-refractivity contribution in [1.82, 2.24) is 15.1 Å². The third-order valence-corrected chi connectivity index (χ3v) is 3.66. The van der Waals surface area contributed by atoms with E-state index in [1.165, 1.54) is 12.8 Å². The maximum absolute atomic E-state index is 5.19. The molecule has 0 aliphatic carbocycles. The summed E-state index contributed by atoms with van der Waals surface area (Å²) < 4.78 is 6.93. The van der Waals surface area contributed by atoms with Gasteiger partial charge in [0.2, 0.25) is 5.88 Å². The Labute approximate surface area is 103 Å². The molecule has 0 aromatic carbocycles. The van der Waals surface area contributed by atoms with Crippen molar-refractivity contribution < 1.29 is 4.74 Å². The average Bonchev–Trinajstić information content (AvgIpc) is 2.94. The normalized spacial score (nSPS) is 23.9. The van der Waals surface area contributed by atoms with Gasteiger partial charge < -0.3 is 15.4 Å². The van der Waals surface area contributed by atoms with Gasteiger partial charge in [-0.05, 0) is 25.8 Å². The van der Waals surface area contributed by atoms with Gasteiger partial charge in [-0.2, -0.15) is 5.10 Å². The number of anilines is 1. The lowest BCUT2D eigenvalue weighted by Crippen LogP contribution is -2.45. The maximum Gasteiger partial charge on any atom is 0.213 e. The van der Waals surface area contributed by atoms with Crippen LogP contribution in [0.3, 0.4) is 0 Å². The lowest BCUT2D eigenvalue weighted by Gasteiger charge is -2.28. The molecule has 1 aromatic heterocycles. The molecule has 5 nitrogen and oxygen atoms in total. The summed E-state index contributed by atoms with van der Waals surface area (Å²) in [5.74, 6) is 1.66. The highest BCUT2D eigenvalue weighted by Crippen LogP contribution is 2.24. The standard InChI is InChI=1S/C12H22N4O/c1-4-12(6-5-7-14-12)9-13-10-8-11(17-3)16(2)15-10/h8,14H,4-7,9H2,1-3H3,(H,13,15). The fraction of sp³-hybridized carbons (Fsp3) is 0.750. The molecule has 0 spiro atoms. The molecule has 1 aliphatic heterocycles. The molecule has 0 saturated carbocycles. The number of nitrogens with zero attached hydrogens (tertiary/aromatic N) is 2. The lowest BCUT2D eigenvalue weighted by molar-refractivity contribution is 0.373. The summed E-state index contributed by atoms with van der Waals surface area (Å²) in [7, 11) is 3.54. The van der Waals surface area contributed by atoms with Gasteiger partial charge in [-0.1, -0.05) is 6.92 Å². The third kappa shape index (κ3) is 2.54. The van der Waals surface area contributed by atoms with Crippen LogP contribution in [0.1, 0.15) is 26.2 Å². The molecular formula is C12H22N4O. The van der Waals surface area contributed by atoms with E-state index in [1.54, 1.807) is 11.8 Å². The third-order valence-electron chi connectivity index (χ3n) is 3.66. The number of aryl methyl sites for hydroxylation is 1. The van der Waals surface area contributed by atoms with Gasteiger partial charge in [-0.25, -0.2) is 4.68 Å². The Bertz CT molecular complexity index is 369. The van der Waals surface area contributed by atoms with Crippen LogP contribution in [0.4, 0.5) is 5.82 Å². The Balaban J connectivity index is 1.96. The number of methoxy groups -OCH3 is 1. The van der Waals surface area contributed by atoms with Crippen LogP contribution in [0.15, 0.2) is 6.07 Å². The number of rotatable bonds is 5. The quantitative estimate of drug-likeness (QED) is 0.813. The summed E-state index contributed by atoms with van der Waals surface area (Å²) in [6.07, 6.45) is 3.64. The van der Waals surface area contributed by atoms with E-state index in [2.05, 4.69) is 22.7 Å². The minimum atomic E-state index is 0.241. The van der Waals surface area contributed by atoms with Crippen molar-refractivity contribution in [3.63, 3.8) is 0 Å². The van der Waals surface area contributed by atoms with E-state index in [-0.39, 0.29) is 5.54 Å². The predicted octanol–water partition coefficient (Wildman–Crippen LogP) is 1.37. The van der Waals surface area contributed by atoms with Gasteiger partial charge in [0.1, 0.15) is 0 Å². The molecule has 0 radical (unpaired) electrons. The minimum absolute atomic E-state index is 0.241. The first-order valence-corrected chi connectivity index (χ1v) is 6.26. The second kappa shape index (κ2) is 4.96. The highest BCUT2D eigenvalue weighted by Gasteiger charge is 2.31. The molecule has 0 bridgehead atoms. The topological polar surface area (TPSA) is 51.1 Å². The zero-order valence-electron chi connectivity index (χ0n) is 10.9. The Morgan fingerprint density at radius 3 is 3.00 bits per heavy atom. The van der Waals surface area contributed by atoms with Gasteiger partial charge in [0.15, 0.2) is 5.82 Å². The predicted molar refractivity (Wildman–Crippen MR) is 68.5 cm³/mol. The molecule has 5 heteroatoms. The summed E-state index contributed by atoms with van der Waals surface area (Å²) in [5, 5.41) is 11.4. The summed E-state index contributed by atoms with van der Waals surface area (Å²) in [6, 6.07) is 1.93. The van der Waals surface area contributed by atoms with Crippen molar-refractivity contribution in [2.24, 2.45) is 7.05 Å². The summed E-state index contributed by atoms with van der Waals surface area (Å²) >= 11 is 0. The van der Waals surface area contributed by atoms with Crippen molar-refractivity contribution in [3.05, 3.63) is 6.07 Å². The smallest absolute Gasteiger partial charge is 0.213 e. The fourth-order valence-electron chi connectivity index (χ4n) is 2.43. The van der Waals surface area contributed by atoms with E-state index >= 15 is 0 Å². The monoisotopic (exact) mass is 238 g/mol. The van der Waals surface area contributed by atoms with Crippen molar-refractivity contribution in [2.45, 2.75) is 31.7 Å². The molecule has 1 aliphatic rings. The molecule has 1 atom stereocenters. The lowest BCUT2D eigenvalue weighted by atomic mass is 9.94. The second-order valence-electron chi connectivity index (χ2n) is 4.71. The number of hydrogen-bond acceptors (Lipinski definition) is 4. The highest BCUT2D eigenvalue weighted by atomic mass is 16.5. The van der Waals surface area contributed by atoms with Crippen LogP contribution in [0.5, 0.6) is 5.88 Å². The zero-order valence-corrected chi connectivity index (χ0v) is 10.9. The molecule has 1 fully saturated rings. The number of hydrogen-bond donors (Lipinski definition) is 2. The Hall–Kier alpha value is -1.23. The Morgan fingerprint density at radius 2 is 2.47 bits per heavy atom. The molecule has 17 heavy (non-hydrogen) atoms. The van der Waals surface area contributed by atoms with Crippen LogP contribution in [0.25, 0.3) is 0 Å². The van der Waals surface area contributed by atoms with Crippen LogP contribution in [0, 0.1) is 0 Å². The Kier molecular flexibility index (Phi) is 3.57. The molecule has 1 unspecified atom stereocenters. The molecular weight excluding hydrogens is 216 g/mol. The highest BCUT2D eigenvalue weighted by molar-refractivity contribution is 5.39. The first-order chi connectivity index (χ1) is 8.19. The maximum atomic E-state index is 5.19. The van der Waals surface area contributed by atoms with E-state index in [0.29, 0.717) is 0 Å². The second-order valence-corrected chi connectivity index (χ2v) is 4.71. The molecule has 1 aromatic rings. The fourth-order valence-corrected chi connectivity index (χ4v) is 2.43. The molecule has 2 heterocycles. The minimum Gasteiger partial charge on any atom is -0.481 e. The number of nitrogens with one attached hydrogen (secondary N) is 2. The van der Waals surface area contributed by atoms with Crippen LogP contribution in [0.2, 0.25) is 0 Å². The van der Waals surface area contributed by atoms with Gasteiger partial charge in [0.05, 0.1) is 7.11 Å². The summed E-state index contributed by atoms with van der Waals surface area (Å²) in [5.41, 5.74) is 0.241. The number of aromatic nitrogens is 2. The van der Waals surface area contributed by atoms with Crippen molar-refractivity contribution in [1.29, 1.82) is 0 Å². The summed E-state index contributed by atoms with van der Waals surface area (Å²) in [6.45, 7) is 4.28. The van der Waals surface area contributed by atoms with E-state index in [4.69, 9.17) is 4.74 Å². The van der Waals surface area contributed by atoms with Gasteiger partial charge in [-0.3, -0.25) is 0 Å². The van der Waals surface area contributed by atoms with E-state index < -0.39 is 0 Å². The van der Waals surface area contributed by atoms with Gasteiger partial charge >= 0.3 is 0 Å². The first kappa shape index (κ1) is 12.2. The van der Waals surface area contributed by atoms with E-state index in [9.17, 15) is 0 Å². The van der Waals surface area contributed by atoms with Crippen molar-refractivity contribution >= 4 is 5.82 Å². The van der Waals surface area contributed by atoms with Crippen molar-refractivity contribution in [2.75, 3.05) is 25.5 Å².